The smallest absolute Gasteiger partial charge is 0.315 e. The Morgan fingerprint density at radius 1 is 1.38 bits per heavy atom. The Balaban J connectivity index is 1.71. The van der Waals surface area contributed by atoms with E-state index in [-0.39, 0.29) is 24.0 Å². The molecular formula is C11H18N2O3. The molecule has 5 nitrogen and oxygen atoms in total. The number of carboxylic acids is 1. The molecule has 0 aromatic rings. The lowest BCUT2D eigenvalue weighted by Crippen LogP contribution is -2.42. The van der Waals surface area contributed by atoms with E-state index >= 15 is 0 Å². The molecule has 0 radical (unpaired) electrons. The highest BCUT2D eigenvalue weighted by Crippen LogP contribution is 2.46. The average Bonchev–Trinajstić information content (AvgIpc) is 3.03. The first kappa shape index (κ1) is 11.2. The maximum absolute atomic E-state index is 11.5. The molecule has 5 heteroatoms. The van der Waals surface area contributed by atoms with Crippen LogP contribution in [-0.2, 0) is 4.79 Å². The van der Waals surface area contributed by atoms with Crippen molar-refractivity contribution in [1.29, 1.82) is 0 Å². The topological polar surface area (TPSA) is 78.4 Å². The predicted molar refractivity (Wildman–Crippen MR) is 58.0 cm³/mol. The van der Waals surface area contributed by atoms with Crippen LogP contribution in [0.5, 0.6) is 0 Å². The molecule has 0 spiro atoms. The van der Waals surface area contributed by atoms with E-state index in [1.807, 2.05) is 0 Å². The van der Waals surface area contributed by atoms with Crippen LogP contribution in [0.2, 0.25) is 0 Å². The van der Waals surface area contributed by atoms with E-state index in [9.17, 15) is 9.59 Å². The van der Waals surface area contributed by atoms with Gasteiger partial charge < -0.3 is 15.7 Å². The fourth-order valence-electron chi connectivity index (χ4n) is 1.79. The number of rotatable bonds is 4. The van der Waals surface area contributed by atoms with Gasteiger partial charge in [-0.3, -0.25) is 4.79 Å². The maximum atomic E-state index is 11.5. The summed E-state index contributed by atoms with van der Waals surface area (Å²) >= 11 is 0. The van der Waals surface area contributed by atoms with Gasteiger partial charge >= 0.3 is 12.0 Å². The molecule has 2 aliphatic rings. The molecule has 1 atom stereocenters. The number of carbonyl (C=O) groups is 2. The third-order valence-corrected chi connectivity index (χ3v) is 3.71. The van der Waals surface area contributed by atoms with Gasteiger partial charge in [0, 0.05) is 12.6 Å². The summed E-state index contributed by atoms with van der Waals surface area (Å²) in [6.07, 6.45) is 2.32. The van der Waals surface area contributed by atoms with Gasteiger partial charge in [-0.15, -0.1) is 0 Å². The van der Waals surface area contributed by atoms with Gasteiger partial charge in [0.1, 0.15) is 0 Å². The van der Waals surface area contributed by atoms with Crippen LogP contribution >= 0.6 is 0 Å². The Hall–Kier alpha value is -1.26. The Kier molecular flexibility index (Phi) is 2.36. The Morgan fingerprint density at radius 2 is 1.94 bits per heavy atom. The van der Waals surface area contributed by atoms with E-state index < -0.39 is 11.4 Å². The molecular weight excluding hydrogens is 208 g/mol. The zero-order valence-corrected chi connectivity index (χ0v) is 9.67. The number of nitrogens with one attached hydrogen (secondary N) is 2. The Labute approximate surface area is 94.6 Å². The number of urea groups is 1. The van der Waals surface area contributed by atoms with Crippen molar-refractivity contribution >= 4 is 12.0 Å². The third-order valence-electron chi connectivity index (χ3n) is 3.71. The Morgan fingerprint density at radius 3 is 2.31 bits per heavy atom. The minimum Gasteiger partial charge on any atom is -0.481 e. The molecule has 16 heavy (non-hydrogen) atoms. The van der Waals surface area contributed by atoms with Gasteiger partial charge in [0.05, 0.1) is 5.41 Å². The van der Waals surface area contributed by atoms with E-state index in [1.54, 1.807) is 0 Å². The molecule has 0 aromatic heterocycles. The van der Waals surface area contributed by atoms with Crippen molar-refractivity contribution in [3.8, 4) is 0 Å². The molecule has 1 unspecified atom stereocenters. The summed E-state index contributed by atoms with van der Waals surface area (Å²) in [6, 6.07) is -0.0180. The van der Waals surface area contributed by atoms with Gasteiger partial charge in [-0.1, -0.05) is 13.8 Å². The summed E-state index contributed by atoms with van der Waals surface area (Å²) in [5, 5.41) is 14.4. The van der Waals surface area contributed by atoms with Crippen molar-refractivity contribution in [2.24, 2.45) is 10.8 Å². The SMILES string of the molecule is CC1(C)CC1NC(=O)NCC1(C(=O)O)CC1. The fourth-order valence-corrected chi connectivity index (χ4v) is 1.79. The van der Waals surface area contributed by atoms with Crippen molar-refractivity contribution < 1.29 is 14.7 Å². The van der Waals surface area contributed by atoms with Gasteiger partial charge in [-0.05, 0) is 24.7 Å². The van der Waals surface area contributed by atoms with E-state index in [2.05, 4.69) is 24.5 Å². The molecule has 0 saturated heterocycles. The molecule has 0 aromatic carbocycles. The van der Waals surface area contributed by atoms with Crippen molar-refractivity contribution in [2.75, 3.05) is 6.54 Å². The predicted octanol–water partition coefficient (Wildman–Crippen LogP) is 0.949. The van der Waals surface area contributed by atoms with Gasteiger partial charge in [-0.25, -0.2) is 4.79 Å². The van der Waals surface area contributed by atoms with Gasteiger partial charge in [-0.2, -0.15) is 0 Å². The normalized spacial score (nSPS) is 28.0. The quantitative estimate of drug-likeness (QED) is 0.667. The molecule has 0 aliphatic heterocycles. The summed E-state index contributed by atoms with van der Waals surface area (Å²) in [5.74, 6) is -0.806. The minimum atomic E-state index is -0.806. The zero-order valence-electron chi connectivity index (χ0n) is 9.67. The van der Waals surface area contributed by atoms with Crippen LogP contribution in [0.1, 0.15) is 33.1 Å². The van der Waals surface area contributed by atoms with Crippen molar-refractivity contribution in [3.63, 3.8) is 0 Å². The van der Waals surface area contributed by atoms with Gasteiger partial charge in [0.25, 0.3) is 0 Å². The van der Waals surface area contributed by atoms with Crippen molar-refractivity contribution in [2.45, 2.75) is 39.2 Å². The molecule has 2 aliphatic carbocycles. The van der Waals surface area contributed by atoms with Crippen molar-refractivity contribution in [1.82, 2.24) is 10.6 Å². The lowest BCUT2D eigenvalue weighted by atomic mass is 10.1. The van der Waals surface area contributed by atoms with Crippen LogP contribution in [0, 0.1) is 10.8 Å². The molecule has 2 saturated carbocycles. The maximum Gasteiger partial charge on any atom is 0.315 e. The minimum absolute atomic E-state index is 0.196. The molecule has 2 rings (SSSR count). The number of hydrogen-bond donors (Lipinski definition) is 3. The van der Waals surface area contributed by atoms with Crippen LogP contribution in [0.3, 0.4) is 0 Å². The highest BCUT2D eigenvalue weighted by Gasteiger charge is 2.51. The third kappa shape index (κ3) is 2.13. The molecule has 0 heterocycles. The summed E-state index contributed by atoms with van der Waals surface area (Å²) in [4.78, 5) is 22.3. The largest absolute Gasteiger partial charge is 0.481 e. The first-order valence-electron chi connectivity index (χ1n) is 5.64. The van der Waals surface area contributed by atoms with Gasteiger partial charge in [0.2, 0.25) is 0 Å². The highest BCUT2D eigenvalue weighted by atomic mass is 16.4. The molecule has 2 fully saturated rings. The zero-order chi connectivity index (χ0) is 12.0. The summed E-state index contributed by atoms with van der Waals surface area (Å²) < 4.78 is 0. The number of aliphatic carboxylic acids is 1. The average molecular weight is 226 g/mol. The van der Waals surface area contributed by atoms with Crippen LogP contribution in [-0.4, -0.2) is 29.7 Å². The second kappa shape index (κ2) is 3.37. The standard InChI is InChI=1S/C11H18N2O3/c1-10(2)5-7(10)13-9(16)12-6-11(3-4-11)8(14)15/h7H,3-6H2,1-2H3,(H,14,15)(H2,12,13,16). The second-order valence-corrected chi connectivity index (χ2v) is 5.66. The highest BCUT2D eigenvalue weighted by molar-refractivity contribution is 5.80. The summed E-state index contributed by atoms with van der Waals surface area (Å²) in [5.41, 5.74) is -0.488. The lowest BCUT2D eigenvalue weighted by Gasteiger charge is -2.12. The molecule has 90 valence electrons. The molecule has 0 bridgehead atoms. The fraction of sp³-hybridized carbons (Fsp3) is 0.818. The van der Waals surface area contributed by atoms with Gasteiger partial charge in [0.15, 0.2) is 0 Å². The molecule has 3 N–H and O–H groups in total. The first-order chi connectivity index (χ1) is 7.36. The summed E-state index contributed by atoms with van der Waals surface area (Å²) in [7, 11) is 0. The van der Waals surface area contributed by atoms with Crippen LogP contribution < -0.4 is 10.6 Å². The number of carboxylic acid groups (broad SMARTS) is 1. The van der Waals surface area contributed by atoms with E-state index in [1.165, 1.54) is 0 Å². The van der Waals surface area contributed by atoms with Crippen molar-refractivity contribution in [3.05, 3.63) is 0 Å². The Bertz CT molecular complexity index is 334. The van der Waals surface area contributed by atoms with Crippen LogP contribution in [0.15, 0.2) is 0 Å². The molecule has 2 amide bonds. The van der Waals surface area contributed by atoms with Crippen LogP contribution in [0.25, 0.3) is 0 Å². The van der Waals surface area contributed by atoms with E-state index in [4.69, 9.17) is 5.11 Å². The number of carbonyl (C=O) groups excluding carboxylic acids is 1. The summed E-state index contributed by atoms with van der Waals surface area (Å²) in [6.45, 7) is 4.43. The number of amides is 2. The lowest BCUT2D eigenvalue weighted by molar-refractivity contribution is -0.143. The monoisotopic (exact) mass is 226 g/mol. The van der Waals surface area contributed by atoms with E-state index in [0.29, 0.717) is 12.8 Å². The first-order valence-corrected chi connectivity index (χ1v) is 5.64. The van der Waals surface area contributed by atoms with Crippen LogP contribution in [0.4, 0.5) is 4.79 Å². The number of hydrogen-bond acceptors (Lipinski definition) is 2. The second-order valence-electron chi connectivity index (χ2n) is 5.66. The van der Waals surface area contributed by atoms with E-state index in [0.717, 1.165) is 6.42 Å².